The Hall–Kier alpha value is -1.75. The monoisotopic (exact) mass is 308 g/mol. The van der Waals surface area contributed by atoms with Gasteiger partial charge in [-0.05, 0) is 37.0 Å². The number of amides is 2. The van der Waals surface area contributed by atoms with E-state index in [0.717, 1.165) is 24.3 Å². The molecule has 1 aromatic carbocycles. The number of aryl methyl sites for hydroxylation is 1. The largest absolute Gasteiger partial charge is 0.492 e. The van der Waals surface area contributed by atoms with Gasteiger partial charge in [0.15, 0.2) is 0 Å². The number of benzene rings is 1. The summed E-state index contributed by atoms with van der Waals surface area (Å²) in [6, 6.07) is 7.67. The predicted octanol–water partition coefficient (Wildman–Crippen LogP) is 2.74. The first-order valence-electron chi connectivity index (χ1n) is 7.87. The van der Waals surface area contributed by atoms with E-state index in [4.69, 9.17) is 9.47 Å². The SMILES string of the molecule is Cc1cccc(OCCNC(=O)NCCCOCC(C)C)c1. The van der Waals surface area contributed by atoms with E-state index in [0.29, 0.717) is 32.2 Å². The summed E-state index contributed by atoms with van der Waals surface area (Å²) >= 11 is 0. The summed E-state index contributed by atoms with van der Waals surface area (Å²) in [5, 5.41) is 5.55. The van der Waals surface area contributed by atoms with Crippen LogP contribution in [0.15, 0.2) is 24.3 Å². The highest BCUT2D eigenvalue weighted by molar-refractivity contribution is 5.73. The third kappa shape index (κ3) is 9.23. The summed E-state index contributed by atoms with van der Waals surface area (Å²) in [4.78, 5) is 11.5. The van der Waals surface area contributed by atoms with Gasteiger partial charge in [-0.2, -0.15) is 0 Å². The molecular weight excluding hydrogens is 280 g/mol. The highest BCUT2D eigenvalue weighted by Gasteiger charge is 2.00. The third-order valence-electron chi connectivity index (χ3n) is 2.85. The highest BCUT2D eigenvalue weighted by Crippen LogP contribution is 2.11. The molecule has 0 saturated carbocycles. The Kier molecular flexibility index (Phi) is 9.07. The minimum Gasteiger partial charge on any atom is -0.492 e. The summed E-state index contributed by atoms with van der Waals surface area (Å²) in [6.07, 6.45) is 0.819. The summed E-state index contributed by atoms with van der Waals surface area (Å²) in [5.41, 5.74) is 1.16. The lowest BCUT2D eigenvalue weighted by atomic mass is 10.2. The first-order valence-corrected chi connectivity index (χ1v) is 7.87. The topological polar surface area (TPSA) is 59.6 Å². The number of ether oxygens (including phenoxy) is 2. The standard InChI is InChI=1S/C17H28N2O3/c1-14(2)13-21-10-5-8-18-17(20)19-9-11-22-16-7-4-6-15(3)12-16/h4,6-7,12,14H,5,8-11,13H2,1-3H3,(H2,18,19,20). The predicted molar refractivity (Wildman–Crippen MR) is 88.3 cm³/mol. The maximum atomic E-state index is 11.5. The quantitative estimate of drug-likeness (QED) is 0.653. The maximum Gasteiger partial charge on any atom is 0.314 e. The van der Waals surface area contributed by atoms with E-state index in [1.807, 2.05) is 31.2 Å². The van der Waals surface area contributed by atoms with Crippen molar-refractivity contribution >= 4 is 6.03 Å². The molecule has 0 fully saturated rings. The number of carbonyl (C=O) groups is 1. The molecule has 5 heteroatoms. The van der Waals surface area contributed by atoms with Crippen molar-refractivity contribution in [1.29, 1.82) is 0 Å². The average Bonchev–Trinajstić information content (AvgIpc) is 2.47. The molecule has 22 heavy (non-hydrogen) atoms. The molecule has 1 rings (SSSR count). The molecule has 124 valence electrons. The van der Waals surface area contributed by atoms with Gasteiger partial charge in [0, 0.05) is 19.8 Å². The lowest BCUT2D eigenvalue weighted by molar-refractivity contribution is 0.108. The Morgan fingerprint density at radius 1 is 1.18 bits per heavy atom. The molecule has 5 nitrogen and oxygen atoms in total. The van der Waals surface area contributed by atoms with Crippen molar-refractivity contribution in [3.8, 4) is 5.75 Å². The molecule has 0 aliphatic heterocycles. The van der Waals surface area contributed by atoms with E-state index < -0.39 is 0 Å². The Morgan fingerprint density at radius 2 is 1.95 bits per heavy atom. The normalized spacial score (nSPS) is 10.5. The summed E-state index contributed by atoms with van der Waals surface area (Å²) in [6.45, 7) is 9.23. The van der Waals surface area contributed by atoms with E-state index in [1.165, 1.54) is 0 Å². The smallest absolute Gasteiger partial charge is 0.314 e. The van der Waals surface area contributed by atoms with Crippen molar-refractivity contribution in [3.05, 3.63) is 29.8 Å². The molecule has 0 heterocycles. The van der Waals surface area contributed by atoms with Crippen LogP contribution in [0.25, 0.3) is 0 Å². The molecular formula is C17H28N2O3. The molecule has 0 radical (unpaired) electrons. The lowest BCUT2D eigenvalue weighted by Gasteiger charge is -2.10. The molecule has 0 aromatic heterocycles. The molecule has 0 bridgehead atoms. The molecule has 2 amide bonds. The lowest BCUT2D eigenvalue weighted by Crippen LogP contribution is -2.38. The van der Waals surface area contributed by atoms with Crippen LogP contribution in [-0.4, -0.2) is 38.9 Å². The fourth-order valence-corrected chi connectivity index (χ4v) is 1.80. The molecule has 0 atom stereocenters. The number of rotatable bonds is 10. The average molecular weight is 308 g/mol. The zero-order chi connectivity index (χ0) is 16.2. The van der Waals surface area contributed by atoms with Gasteiger partial charge in [-0.15, -0.1) is 0 Å². The van der Waals surface area contributed by atoms with E-state index in [2.05, 4.69) is 24.5 Å². The number of hydrogen-bond donors (Lipinski definition) is 2. The van der Waals surface area contributed by atoms with E-state index in [1.54, 1.807) is 0 Å². The zero-order valence-corrected chi connectivity index (χ0v) is 13.9. The molecule has 2 N–H and O–H groups in total. The van der Waals surface area contributed by atoms with Crippen molar-refractivity contribution in [3.63, 3.8) is 0 Å². The summed E-state index contributed by atoms with van der Waals surface area (Å²) in [5.74, 6) is 1.37. The van der Waals surface area contributed by atoms with Crippen LogP contribution in [-0.2, 0) is 4.74 Å². The second-order valence-electron chi connectivity index (χ2n) is 5.67. The second kappa shape index (κ2) is 10.9. The van der Waals surface area contributed by atoms with Crippen molar-refractivity contribution < 1.29 is 14.3 Å². The van der Waals surface area contributed by atoms with Crippen LogP contribution >= 0.6 is 0 Å². The van der Waals surface area contributed by atoms with Crippen molar-refractivity contribution in [1.82, 2.24) is 10.6 Å². The van der Waals surface area contributed by atoms with Gasteiger partial charge in [-0.25, -0.2) is 4.79 Å². The maximum absolute atomic E-state index is 11.5. The molecule has 0 aliphatic carbocycles. The Balaban J connectivity index is 1.97. The fraction of sp³-hybridized carbons (Fsp3) is 0.588. The third-order valence-corrected chi connectivity index (χ3v) is 2.85. The molecule has 0 spiro atoms. The van der Waals surface area contributed by atoms with Gasteiger partial charge in [-0.1, -0.05) is 26.0 Å². The van der Waals surface area contributed by atoms with Crippen LogP contribution < -0.4 is 15.4 Å². The van der Waals surface area contributed by atoms with Gasteiger partial charge in [0.05, 0.1) is 6.54 Å². The van der Waals surface area contributed by atoms with Gasteiger partial charge in [-0.3, -0.25) is 0 Å². The Labute approximate surface area is 133 Å². The van der Waals surface area contributed by atoms with E-state index in [-0.39, 0.29) is 6.03 Å². The zero-order valence-electron chi connectivity index (χ0n) is 13.9. The van der Waals surface area contributed by atoms with Crippen LogP contribution in [0.5, 0.6) is 5.75 Å². The van der Waals surface area contributed by atoms with Gasteiger partial charge in [0.2, 0.25) is 0 Å². The fourth-order valence-electron chi connectivity index (χ4n) is 1.80. The van der Waals surface area contributed by atoms with Crippen molar-refractivity contribution in [2.75, 3.05) is 32.9 Å². The number of urea groups is 1. The van der Waals surface area contributed by atoms with Crippen LogP contribution in [0, 0.1) is 12.8 Å². The minimum absolute atomic E-state index is 0.170. The number of hydrogen-bond acceptors (Lipinski definition) is 3. The summed E-state index contributed by atoms with van der Waals surface area (Å²) < 4.78 is 11.0. The van der Waals surface area contributed by atoms with Crippen molar-refractivity contribution in [2.24, 2.45) is 5.92 Å². The van der Waals surface area contributed by atoms with Crippen LogP contribution in [0.4, 0.5) is 4.79 Å². The van der Waals surface area contributed by atoms with Gasteiger partial charge in [0.1, 0.15) is 12.4 Å². The minimum atomic E-state index is -0.170. The second-order valence-corrected chi connectivity index (χ2v) is 5.67. The molecule has 1 aromatic rings. The van der Waals surface area contributed by atoms with E-state index >= 15 is 0 Å². The molecule has 0 unspecified atom stereocenters. The van der Waals surface area contributed by atoms with Crippen LogP contribution in [0.1, 0.15) is 25.8 Å². The van der Waals surface area contributed by atoms with Gasteiger partial charge >= 0.3 is 6.03 Å². The summed E-state index contributed by atoms with van der Waals surface area (Å²) in [7, 11) is 0. The Bertz CT molecular complexity index is 436. The van der Waals surface area contributed by atoms with E-state index in [9.17, 15) is 4.79 Å². The molecule has 0 aliphatic rings. The first-order chi connectivity index (χ1) is 10.6. The highest BCUT2D eigenvalue weighted by atomic mass is 16.5. The number of carbonyl (C=O) groups excluding carboxylic acids is 1. The van der Waals surface area contributed by atoms with Gasteiger partial charge < -0.3 is 20.1 Å². The Morgan fingerprint density at radius 3 is 2.68 bits per heavy atom. The van der Waals surface area contributed by atoms with Crippen molar-refractivity contribution in [2.45, 2.75) is 27.2 Å². The van der Waals surface area contributed by atoms with Gasteiger partial charge in [0.25, 0.3) is 0 Å². The van der Waals surface area contributed by atoms with Crippen LogP contribution in [0.3, 0.4) is 0 Å². The number of nitrogens with one attached hydrogen (secondary N) is 2. The molecule has 0 saturated heterocycles. The van der Waals surface area contributed by atoms with Crippen LogP contribution in [0.2, 0.25) is 0 Å². The first kappa shape index (κ1) is 18.3.